The molecule has 0 heterocycles. The van der Waals surface area contributed by atoms with Crippen molar-refractivity contribution in [3.63, 3.8) is 0 Å². The Labute approximate surface area is 98.4 Å². The van der Waals surface area contributed by atoms with E-state index in [1.54, 1.807) is 19.1 Å². The van der Waals surface area contributed by atoms with E-state index >= 15 is 0 Å². The predicted octanol–water partition coefficient (Wildman–Crippen LogP) is 1.90. The predicted molar refractivity (Wildman–Crippen MR) is 66.4 cm³/mol. The summed E-state index contributed by atoms with van der Waals surface area (Å²) >= 11 is 6.07. The third kappa shape index (κ3) is 5.58. The summed E-state index contributed by atoms with van der Waals surface area (Å²) in [5, 5.41) is 8.95. The van der Waals surface area contributed by atoms with Crippen LogP contribution in [0.15, 0.2) is 29.2 Å². The molecular weight excluding hydrogens is 232 g/mol. The van der Waals surface area contributed by atoms with Crippen LogP contribution < -0.4 is 16.6 Å². The van der Waals surface area contributed by atoms with E-state index in [1.165, 1.54) is 11.8 Å². The zero-order valence-corrected chi connectivity index (χ0v) is 9.98. The van der Waals surface area contributed by atoms with Gasteiger partial charge in [-0.3, -0.25) is 0 Å². The maximum atomic E-state index is 8.95. The number of rotatable bonds is 3. The maximum Gasteiger partial charge on any atom is 0.194 e. The lowest BCUT2D eigenvalue weighted by atomic mass is 10.3. The minimum absolute atomic E-state index is 0. The van der Waals surface area contributed by atoms with Crippen molar-refractivity contribution in [1.82, 2.24) is 6.15 Å². The number of aliphatic hydroxyl groups excluding tert-OH is 1. The van der Waals surface area contributed by atoms with Crippen LogP contribution in [0.4, 0.5) is 0 Å². The first-order chi connectivity index (χ1) is 6.58. The fourth-order valence-corrected chi connectivity index (χ4v) is 1.69. The molecule has 0 saturated carbocycles. The molecule has 6 N–H and O–H groups in total. The monoisotopic (exact) mass is 246 g/mol. The summed E-state index contributed by atoms with van der Waals surface area (Å²) in [6.45, 7) is 1.55. The molecule has 0 aliphatic rings. The fourth-order valence-electron chi connectivity index (χ4n) is 0.899. The van der Waals surface area contributed by atoms with Gasteiger partial charge in [0.15, 0.2) is 6.29 Å². The van der Waals surface area contributed by atoms with Gasteiger partial charge < -0.3 is 21.7 Å². The maximum absolute atomic E-state index is 8.95. The molecule has 6 heteroatoms. The Hall–Kier alpha value is -0.820. The first kappa shape index (κ1) is 14.2. The summed E-state index contributed by atoms with van der Waals surface area (Å²) in [6, 6.07) is 7.18. The van der Waals surface area contributed by atoms with Crippen molar-refractivity contribution in [2.24, 2.45) is 5.73 Å². The highest BCUT2D eigenvalue weighted by atomic mass is 32.2. The summed E-state index contributed by atoms with van der Waals surface area (Å²) < 4.78 is 5.44. The van der Waals surface area contributed by atoms with Crippen LogP contribution in [-0.4, -0.2) is 15.7 Å². The summed E-state index contributed by atoms with van der Waals surface area (Å²) in [5.74, 6) is 0.618. The largest absolute Gasteiger partial charge is 0.465 e. The van der Waals surface area contributed by atoms with Gasteiger partial charge >= 0.3 is 0 Å². The molecule has 0 saturated heterocycles. The van der Waals surface area contributed by atoms with Crippen LogP contribution >= 0.6 is 24.0 Å². The molecule has 1 aromatic rings. The molecule has 4 nitrogen and oxygen atoms in total. The zero-order chi connectivity index (χ0) is 10.6. The number of hydrogen-bond acceptors (Lipinski definition) is 5. The SMILES string of the molecule is CC(O)Oc1ccc(SC(N)=S)cc1.N. The normalized spacial score (nSPS) is 11.3. The Kier molecular flexibility index (Phi) is 6.26. The van der Waals surface area contributed by atoms with E-state index in [-0.39, 0.29) is 6.15 Å². The van der Waals surface area contributed by atoms with Gasteiger partial charge in [0.25, 0.3) is 0 Å². The number of aliphatic hydroxyl groups is 1. The van der Waals surface area contributed by atoms with Crippen molar-refractivity contribution in [2.75, 3.05) is 0 Å². The van der Waals surface area contributed by atoms with E-state index in [9.17, 15) is 0 Å². The van der Waals surface area contributed by atoms with Crippen molar-refractivity contribution >= 4 is 28.3 Å². The fraction of sp³-hybridized carbons (Fsp3) is 0.222. The van der Waals surface area contributed by atoms with E-state index in [2.05, 4.69) is 0 Å². The van der Waals surface area contributed by atoms with Gasteiger partial charge in [0.2, 0.25) is 0 Å². The smallest absolute Gasteiger partial charge is 0.194 e. The molecule has 84 valence electrons. The second kappa shape index (κ2) is 6.62. The van der Waals surface area contributed by atoms with Crippen molar-refractivity contribution in [1.29, 1.82) is 0 Å². The number of ether oxygens (including phenoxy) is 1. The molecule has 0 aliphatic heterocycles. The highest BCUT2D eigenvalue weighted by Crippen LogP contribution is 2.21. The molecule has 0 fully saturated rings. The van der Waals surface area contributed by atoms with Gasteiger partial charge in [-0.1, -0.05) is 24.0 Å². The average Bonchev–Trinajstić information content (AvgIpc) is 2.06. The molecule has 0 aromatic heterocycles. The van der Waals surface area contributed by atoms with Crippen LogP contribution in [0.3, 0.4) is 0 Å². The number of hydrogen-bond donors (Lipinski definition) is 3. The van der Waals surface area contributed by atoms with Gasteiger partial charge in [0, 0.05) is 4.90 Å². The Morgan fingerprint density at radius 1 is 1.47 bits per heavy atom. The Bertz CT molecular complexity index is 314. The lowest BCUT2D eigenvalue weighted by molar-refractivity contribution is -0.000323. The van der Waals surface area contributed by atoms with Crippen LogP contribution in [0.2, 0.25) is 0 Å². The third-order valence-electron chi connectivity index (χ3n) is 1.35. The van der Waals surface area contributed by atoms with Crippen LogP contribution in [-0.2, 0) is 0 Å². The summed E-state index contributed by atoms with van der Waals surface area (Å²) in [4.78, 5) is 0.954. The van der Waals surface area contributed by atoms with Gasteiger partial charge in [-0.25, -0.2) is 0 Å². The Morgan fingerprint density at radius 3 is 2.40 bits per heavy atom. The highest BCUT2D eigenvalue weighted by molar-refractivity contribution is 8.22. The molecule has 1 atom stereocenters. The van der Waals surface area contributed by atoms with Gasteiger partial charge in [-0.2, -0.15) is 0 Å². The van der Waals surface area contributed by atoms with Crippen molar-refractivity contribution in [3.8, 4) is 5.75 Å². The molecule has 0 bridgehead atoms. The number of thioether (sulfide) groups is 1. The third-order valence-corrected chi connectivity index (χ3v) is 2.31. The minimum Gasteiger partial charge on any atom is -0.465 e. The van der Waals surface area contributed by atoms with E-state index in [1.807, 2.05) is 12.1 Å². The minimum atomic E-state index is -0.802. The number of thiocarbonyl (C=S) groups is 1. The summed E-state index contributed by atoms with van der Waals surface area (Å²) in [7, 11) is 0. The zero-order valence-electron chi connectivity index (χ0n) is 8.34. The van der Waals surface area contributed by atoms with Crippen LogP contribution in [0.25, 0.3) is 0 Å². The second-order valence-electron chi connectivity index (χ2n) is 2.61. The quantitative estimate of drug-likeness (QED) is 0.429. The average molecular weight is 246 g/mol. The molecule has 0 amide bonds. The first-order valence-electron chi connectivity index (χ1n) is 4.00. The van der Waals surface area contributed by atoms with E-state index in [4.69, 9.17) is 27.8 Å². The van der Waals surface area contributed by atoms with Crippen LogP contribution in [0, 0.1) is 0 Å². The number of nitrogens with two attached hydrogens (primary N) is 1. The summed E-state index contributed by atoms with van der Waals surface area (Å²) in [6.07, 6.45) is -0.802. The van der Waals surface area contributed by atoms with Gasteiger partial charge in [-0.05, 0) is 31.2 Å². The van der Waals surface area contributed by atoms with E-state index < -0.39 is 6.29 Å². The van der Waals surface area contributed by atoms with Crippen molar-refractivity contribution in [3.05, 3.63) is 24.3 Å². The van der Waals surface area contributed by atoms with E-state index in [0.29, 0.717) is 10.1 Å². The topological polar surface area (TPSA) is 90.5 Å². The highest BCUT2D eigenvalue weighted by Gasteiger charge is 1.99. The van der Waals surface area contributed by atoms with Crippen molar-refractivity contribution < 1.29 is 9.84 Å². The van der Waals surface area contributed by atoms with Crippen LogP contribution in [0.1, 0.15) is 6.92 Å². The molecule has 1 unspecified atom stereocenters. The lowest BCUT2D eigenvalue weighted by Crippen LogP contribution is -2.09. The van der Waals surface area contributed by atoms with Crippen LogP contribution in [0.5, 0.6) is 5.75 Å². The summed E-state index contributed by atoms with van der Waals surface area (Å²) in [5.41, 5.74) is 5.37. The molecule has 1 aromatic carbocycles. The van der Waals surface area contributed by atoms with Crippen molar-refractivity contribution in [2.45, 2.75) is 18.1 Å². The second-order valence-corrected chi connectivity index (χ2v) is 4.42. The van der Waals surface area contributed by atoms with Gasteiger partial charge in [0.05, 0.1) is 0 Å². The Morgan fingerprint density at radius 2 is 2.00 bits per heavy atom. The molecule has 0 aliphatic carbocycles. The molecule has 1 rings (SSSR count). The first-order valence-corrected chi connectivity index (χ1v) is 5.22. The molecule has 0 spiro atoms. The molecule has 0 radical (unpaired) electrons. The lowest BCUT2D eigenvalue weighted by Gasteiger charge is -2.08. The van der Waals surface area contributed by atoms with E-state index in [0.717, 1.165) is 4.90 Å². The molecular formula is C9H14N2O2S2. The standard InChI is InChI=1S/C9H11NO2S2.H3N/c1-6(11)12-7-2-4-8(5-3-7)14-9(10)13;/h2-6,11H,1H3,(H2,10,13);1H3. The van der Waals surface area contributed by atoms with Gasteiger partial charge in [0.1, 0.15) is 10.1 Å². The molecule has 15 heavy (non-hydrogen) atoms. The Balaban J connectivity index is 0.00000196. The number of benzene rings is 1. The van der Waals surface area contributed by atoms with Gasteiger partial charge in [-0.15, -0.1) is 0 Å².